The molecule has 0 saturated heterocycles. The predicted octanol–water partition coefficient (Wildman–Crippen LogP) is 3.74. The first-order chi connectivity index (χ1) is 15.7. The Kier molecular flexibility index (Phi) is 16.8. The summed E-state index contributed by atoms with van der Waals surface area (Å²) in [5, 5.41) is 3.30. The van der Waals surface area contributed by atoms with Crippen LogP contribution < -0.4 is 24.8 Å². The maximum Gasteiger partial charge on any atom is -1.00 e. The zero-order valence-electron chi connectivity index (χ0n) is 22.0. The summed E-state index contributed by atoms with van der Waals surface area (Å²) in [7, 11) is 0. The smallest absolute Gasteiger partial charge is 1.00 e. The summed E-state index contributed by atoms with van der Waals surface area (Å²) in [6.07, 6.45) is 6.90. The predicted molar refractivity (Wildman–Crippen MR) is 146 cm³/mol. The molecule has 1 aliphatic rings. The molecule has 3 aromatic rings. The van der Waals surface area contributed by atoms with Gasteiger partial charge >= 0.3 is 41.9 Å². The van der Waals surface area contributed by atoms with Gasteiger partial charge in [-0.25, -0.2) is 5.57 Å². The van der Waals surface area contributed by atoms with Gasteiger partial charge in [0.2, 0.25) is 0 Å². The molecular formula is C30H37Cl3SiZr-2. The van der Waals surface area contributed by atoms with Gasteiger partial charge < -0.3 is 24.8 Å². The van der Waals surface area contributed by atoms with Crippen molar-refractivity contribution in [3.05, 3.63) is 88.0 Å². The quantitative estimate of drug-likeness (QED) is 0.307. The van der Waals surface area contributed by atoms with Crippen LogP contribution in [0.5, 0.6) is 0 Å². The summed E-state index contributed by atoms with van der Waals surface area (Å²) < 4.78 is 0. The number of halogens is 3. The zero-order valence-corrected chi connectivity index (χ0v) is 27.8. The van der Waals surface area contributed by atoms with Crippen molar-refractivity contribution in [2.75, 3.05) is 0 Å². The maximum absolute atomic E-state index is 6.36. The van der Waals surface area contributed by atoms with E-state index in [1.807, 2.05) is 12.1 Å². The standard InChI is InChI=1S/C19H18Cl.C9H13.C2H6Si.2ClH.Zr/c1-2-3-8-15-13-17-16(11-7-12-18(17)20)19(15)14-9-5-4-6-10-14;1-6-5-7(2)9(4)8(6)3;1-3-2;;;/h4-7,9-13H,2-3,8H2,1H3;6H,1-4H3;1-2H3;2*1H;/q2*-1;;;;+2/p-2. The molecule has 4 rings (SSSR count). The molecule has 188 valence electrons. The molecule has 0 nitrogen and oxygen atoms in total. The maximum atomic E-state index is 6.36. The Hall–Kier alpha value is -0.500. The van der Waals surface area contributed by atoms with E-state index in [9.17, 15) is 0 Å². The number of benzene rings is 2. The first-order valence-corrected chi connectivity index (χ1v) is 18.5. The number of fused-ring (bicyclic) bond motifs is 1. The van der Waals surface area contributed by atoms with Crippen LogP contribution >= 0.6 is 11.6 Å². The first kappa shape index (κ1) is 34.5. The molecule has 0 aliphatic heterocycles. The monoisotopic (exact) mass is 620 g/mol. The minimum absolute atomic E-state index is 0. The SMILES string of the molecule is CC1=[C-]C(C)C(C)=C1C.CCCCc1[cH-]c2c(Cl)cccc2c1-c1ccccc1.C[Si](C)=[Zr+2].[Cl-].[Cl-]. The van der Waals surface area contributed by atoms with E-state index in [0.29, 0.717) is 5.92 Å². The van der Waals surface area contributed by atoms with Gasteiger partial charge in [0.05, 0.1) is 0 Å². The summed E-state index contributed by atoms with van der Waals surface area (Å²) in [5.74, 6) is 0.560. The van der Waals surface area contributed by atoms with E-state index in [0.717, 1.165) is 11.4 Å². The van der Waals surface area contributed by atoms with Crippen molar-refractivity contribution in [2.45, 2.75) is 67.0 Å². The average Bonchev–Trinajstić information content (AvgIpc) is 3.26. The number of allylic oxidation sites excluding steroid dienone is 4. The molecule has 1 unspecified atom stereocenters. The second kappa shape index (κ2) is 17.1. The Labute approximate surface area is 246 Å². The van der Waals surface area contributed by atoms with Gasteiger partial charge in [-0.3, -0.25) is 6.08 Å². The molecule has 5 heteroatoms. The molecule has 0 amide bonds. The average molecular weight is 623 g/mol. The van der Waals surface area contributed by atoms with E-state index in [1.165, 1.54) is 57.0 Å². The molecule has 1 atom stereocenters. The van der Waals surface area contributed by atoms with Crippen molar-refractivity contribution in [1.29, 1.82) is 0 Å². The molecule has 0 bridgehead atoms. The third kappa shape index (κ3) is 10.1. The number of hydrogen-bond donors (Lipinski definition) is 0. The molecule has 0 aromatic heterocycles. The van der Waals surface area contributed by atoms with E-state index in [-0.39, 0.29) is 30.2 Å². The van der Waals surface area contributed by atoms with Gasteiger partial charge in [-0.05, 0) is 11.4 Å². The van der Waals surface area contributed by atoms with E-state index in [2.05, 4.69) is 96.3 Å². The van der Waals surface area contributed by atoms with Gasteiger partial charge in [0.1, 0.15) is 0 Å². The normalized spacial score (nSPS) is 14.1. The molecule has 1 aliphatic carbocycles. The number of hydrogen-bond acceptors (Lipinski definition) is 0. The van der Waals surface area contributed by atoms with Crippen molar-refractivity contribution in [3.8, 4) is 11.1 Å². The van der Waals surface area contributed by atoms with Gasteiger partial charge in [-0.15, -0.1) is 52.6 Å². The van der Waals surface area contributed by atoms with Crippen molar-refractivity contribution in [1.82, 2.24) is 0 Å². The molecule has 0 radical (unpaired) electrons. The van der Waals surface area contributed by atoms with E-state index in [1.54, 1.807) is 23.3 Å². The summed E-state index contributed by atoms with van der Waals surface area (Å²) in [5.41, 5.74) is 8.52. The first-order valence-electron chi connectivity index (χ1n) is 11.9. The van der Waals surface area contributed by atoms with Crippen molar-refractivity contribution in [3.63, 3.8) is 0 Å². The third-order valence-corrected chi connectivity index (χ3v) is 6.39. The number of unbranched alkanes of at least 4 members (excludes halogenated alkanes) is 1. The van der Waals surface area contributed by atoms with Gasteiger partial charge in [0.15, 0.2) is 0 Å². The van der Waals surface area contributed by atoms with Crippen LogP contribution in [0.2, 0.25) is 18.1 Å². The Bertz CT molecular complexity index is 1140. The fourth-order valence-corrected chi connectivity index (χ4v) is 4.22. The van der Waals surface area contributed by atoms with Gasteiger partial charge in [0, 0.05) is 0 Å². The minimum Gasteiger partial charge on any atom is -1.00 e. The molecule has 0 fully saturated rings. The topological polar surface area (TPSA) is 0 Å². The van der Waals surface area contributed by atoms with E-state index >= 15 is 0 Å². The second-order valence-corrected chi connectivity index (χ2v) is 18.8. The Morgan fingerprint density at radius 3 is 2.06 bits per heavy atom. The fraction of sp³-hybridized carbons (Fsp3) is 0.367. The molecule has 0 spiro atoms. The van der Waals surface area contributed by atoms with Crippen molar-refractivity contribution >= 4 is 27.8 Å². The molecule has 0 saturated carbocycles. The van der Waals surface area contributed by atoms with Gasteiger partial charge in [-0.2, -0.15) is 11.1 Å². The van der Waals surface area contributed by atoms with Gasteiger partial charge in [0.25, 0.3) is 0 Å². The molecular weight excluding hydrogens is 586 g/mol. The van der Waals surface area contributed by atoms with Gasteiger partial charge in [-0.1, -0.05) is 94.5 Å². The summed E-state index contributed by atoms with van der Waals surface area (Å²) >= 11 is 8.10. The van der Waals surface area contributed by atoms with Crippen LogP contribution in [0, 0.1) is 12.0 Å². The van der Waals surface area contributed by atoms with Crippen LogP contribution in [0.1, 0.15) is 53.0 Å². The molecule has 0 N–H and O–H groups in total. The fourth-order valence-electron chi connectivity index (χ4n) is 3.99. The molecule has 3 aromatic carbocycles. The van der Waals surface area contributed by atoms with Crippen molar-refractivity contribution < 1.29 is 48.1 Å². The van der Waals surface area contributed by atoms with Crippen LogP contribution in [0.25, 0.3) is 21.9 Å². The van der Waals surface area contributed by atoms with E-state index < -0.39 is 0 Å². The minimum atomic E-state index is 0. The number of rotatable bonds is 4. The summed E-state index contributed by atoms with van der Waals surface area (Å²) in [4.78, 5) is 0. The second-order valence-electron chi connectivity index (χ2n) is 9.01. The molecule has 0 heterocycles. The largest absolute Gasteiger partial charge is 1.00 e. The number of aryl methyl sites for hydroxylation is 1. The van der Waals surface area contributed by atoms with Crippen LogP contribution in [0.4, 0.5) is 0 Å². The summed E-state index contributed by atoms with van der Waals surface area (Å²) in [6, 6.07) is 19.1. The summed E-state index contributed by atoms with van der Waals surface area (Å²) in [6.45, 7) is 15.5. The molecule has 35 heavy (non-hydrogen) atoms. The third-order valence-electron chi connectivity index (χ3n) is 6.06. The van der Waals surface area contributed by atoms with Crippen LogP contribution in [-0.4, -0.2) is 5.43 Å². The van der Waals surface area contributed by atoms with E-state index in [4.69, 9.17) is 11.6 Å². The zero-order chi connectivity index (χ0) is 24.5. The van der Waals surface area contributed by atoms with Crippen LogP contribution in [0.3, 0.4) is 0 Å². The van der Waals surface area contributed by atoms with Crippen LogP contribution in [0.15, 0.2) is 71.3 Å². The van der Waals surface area contributed by atoms with Crippen LogP contribution in [-0.2, 0) is 29.8 Å². The Morgan fingerprint density at radius 1 is 1.00 bits per heavy atom. The Balaban J connectivity index is 0.000000649. The Morgan fingerprint density at radius 2 is 1.60 bits per heavy atom. The van der Waals surface area contributed by atoms with Crippen molar-refractivity contribution in [2.24, 2.45) is 5.92 Å².